The van der Waals surface area contributed by atoms with Gasteiger partial charge >= 0.3 is 6.03 Å². The molecule has 9 nitrogen and oxygen atoms in total. The fraction of sp³-hybridized carbons (Fsp3) is 0.455. The largest absolute Gasteiger partial charge is 0.497 e. The van der Waals surface area contributed by atoms with Crippen molar-refractivity contribution in [3.05, 3.63) is 23.6 Å². The summed E-state index contributed by atoms with van der Waals surface area (Å²) in [7, 11) is 3.16. The minimum Gasteiger partial charge on any atom is -0.497 e. The van der Waals surface area contributed by atoms with Crippen molar-refractivity contribution in [1.82, 2.24) is 15.2 Å². The van der Waals surface area contributed by atoms with Gasteiger partial charge in [0, 0.05) is 23.9 Å². The monoisotopic (exact) mass is 458 g/mol. The lowest BCUT2D eigenvalue weighted by Crippen LogP contribution is -2.48. The highest BCUT2D eigenvalue weighted by atomic mass is 32.1. The van der Waals surface area contributed by atoms with Crippen LogP contribution >= 0.6 is 11.3 Å². The molecule has 1 aliphatic heterocycles. The number of anilines is 1. The second-order valence-electron chi connectivity index (χ2n) is 7.93. The predicted octanol–water partition coefficient (Wildman–Crippen LogP) is 3.41. The van der Waals surface area contributed by atoms with Gasteiger partial charge in [0.25, 0.3) is 5.91 Å². The quantitative estimate of drug-likeness (QED) is 0.616. The van der Waals surface area contributed by atoms with E-state index in [0.717, 1.165) is 24.8 Å². The molecule has 0 unspecified atom stereocenters. The van der Waals surface area contributed by atoms with E-state index in [9.17, 15) is 14.4 Å². The van der Waals surface area contributed by atoms with Crippen LogP contribution < -0.4 is 20.1 Å². The summed E-state index contributed by atoms with van der Waals surface area (Å²) < 4.78 is 10.7. The molecule has 1 aromatic heterocycles. The van der Waals surface area contributed by atoms with Crippen LogP contribution in [-0.2, 0) is 9.59 Å². The zero-order valence-corrected chi connectivity index (χ0v) is 18.9. The molecule has 0 radical (unpaired) electrons. The van der Waals surface area contributed by atoms with Crippen molar-refractivity contribution in [3.63, 3.8) is 0 Å². The minimum atomic E-state index is -0.772. The lowest BCUT2D eigenvalue weighted by Gasteiger charge is -2.30. The van der Waals surface area contributed by atoms with Crippen molar-refractivity contribution in [2.45, 2.75) is 44.1 Å². The van der Waals surface area contributed by atoms with E-state index >= 15 is 0 Å². The molecule has 2 aromatic rings. The first-order chi connectivity index (χ1) is 15.5. The second kappa shape index (κ2) is 9.15. The zero-order chi connectivity index (χ0) is 22.7. The Labute approximate surface area is 190 Å². The molecule has 2 fully saturated rings. The van der Waals surface area contributed by atoms with Crippen LogP contribution in [-0.4, -0.2) is 54.0 Å². The molecule has 1 aromatic carbocycles. The molecule has 1 saturated heterocycles. The third-order valence-corrected chi connectivity index (χ3v) is 6.71. The predicted molar refractivity (Wildman–Crippen MR) is 120 cm³/mol. The smallest absolute Gasteiger partial charge is 0.325 e. The number of methoxy groups -OCH3 is 2. The van der Waals surface area contributed by atoms with E-state index in [4.69, 9.17) is 9.47 Å². The third-order valence-electron chi connectivity index (χ3n) is 5.95. The van der Waals surface area contributed by atoms with Gasteiger partial charge in [0.05, 0.1) is 19.9 Å². The number of benzene rings is 1. The van der Waals surface area contributed by atoms with Crippen LogP contribution in [0.4, 0.5) is 9.93 Å². The maximum Gasteiger partial charge on any atom is 0.325 e. The Bertz CT molecular complexity index is 1030. The number of nitrogens with one attached hydrogen (secondary N) is 2. The lowest BCUT2D eigenvalue weighted by molar-refractivity contribution is -0.132. The normalized spacial score (nSPS) is 17.4. The van der Waals surface area contributed by atoms with Crippen LogP contribution in [0.15, 0.2) is 23.6 Å². The van der Waals surface area contributed by atoms with E-state index in [1.54, 1.807) is 26.4 Å². The van der Waals surface area contributed by atoms with Crippen molar-refractivity contribution >= 4 is 34.3 Å². The van der Waals surface area contributed by atoms with Crippen molar-refractivity contribution in [2.75, 3.05) is 26.1 Å². The number of nitrogens with zero attached hydrogens (tertiary/aromatic N) is 2. The highest BCUT2D eigenvalue weighted by Crippen LogP contribution is 2.35. The molecule has 4 rings (SSSR count). The highest BCUT2D eigenvalue weighted by molar-refractivity contribution is 7.14. The maximum absolute atomic E-state index is 12.8. The third kappa shape index (κ3) is 4.27. The number of carbonyl (C=O) groups is 3. The summed E-state index contributed by atoms with van der Waals surface area (Å²) in [6.07, 6.45) is 4.25. The van der Waals surface area contributed by atoms with Gasteiger partial charge in [0.15, 0.2) is 5.13 Å². The Hall–Kier alpha value is -3.14. The average Bonchev–Trinajstić information content (AvgIpc) is 3.35. The van der Waals surface area contributed by atoms with E-state index in [2.05, 4.69) is 15.6 Å². The number of urea groups is 1. The highest BCUT2D eigenvalue weighted by Gasteiger charge is 2.51. The molecular formula is C22H26N4O5S. The molecule has 10 heteroatoms. The molecule has 1 spiro atoms. The number of amides is 4. The van der Waals surface area contributed by atoms with Crippen molar-refractivity contribution in [3.8, 4) is 22.8 Å². The number of imide groups is 1. The molecule has 1 saturated carbocycles. The van der Waals surface area contributed by atoms with Crippen LogP contribution in [0.3, 0.4) is 0 Å². The fourth-order valence-electron chi connectivity index (χ4n) is 4.24. The van der Waals surface area contributed by atoms with Crippen molar-refractivity contribution < 1.29 is 23.9 Å². The van der Waals surface area contributed by atoms with Crippen molar-refractivity contribution in [2.24, 2.45) is 0 Å². The number of thiazole rings is 1. The summed E-state index contributed by atoms with van der Waals surface area (Å²) in [6, 6.07) is 5.00. The van der Waals surface area contributed by atoms with E-state index in [-0.39, 0.29) is 24.8 Å². The van der Waals surface area contributed by atoms with Gasteiger partial charge in [-0.25, -0.2) is 9.78 Å². The number of rotatable bonds is 7. The molecule has 0 atom stereocenters. The van der Waals surface area contributed by atoms with Crippen LogP contribution in [0.5, 0.6) is 11.5 Å². The fourth-order valence-corrected chi connectivity index (χ4v) is 4.96. The van der Waals surface area contributed by atoms with Gasteiger partial charge in [-0.3, -0.25) is 14.5 Å². The first-order valence-corrected chi connectivity index (χ1v) is 11.5. The molecule has 4 amide bonds. The van der Waals surface area contributed by atoms with Crippen LogP contribution in [0.2, 0.25) is 0 Å². The first kappa shape index (κ1) is 22.1. The average molecular weight is 459 g/mol. The first-order valence-electron chi connectivity index (χ1n) is 10.6. The van der Waals surface area contributed by atoms with E-state index in [1.807, 2.05) is 11.4 Å². The van der Waals surface area contributed by atoms with Crippen LogP contribution in [0.25, 0.3) is 11.3 Å². The van der Waals surface area contributed by atoms with E-state index in [0.29, 0.717) is 35.2 Å². The van der Waals surface area contributed by atoms with Gasteiger partial charge < -0.3 is 20.1 Å². The second-order valence-corrected chi connectivity index (χ2v) is 8.79. The summed E-state index contributed by atoms with van der Waals surface area (Å²) in [4.78, 5) is 43.2. The summed E-state index contributed by atoms with van der Waals surface area (Å²) in [5, 5.41) is 7.85. The maximum atomic E-state index is 12.8. The van der Waals surface area contributed by atoms with Crippen LogP contribution in [0.1, 0.15) is 38.5 Å². The number of hydrogen-bond donors (Lipinski definition) is 2. The zero-order valence-electron chi connectivity index (χ0n) is 18.1. The Kier molecular flexibility index (Phi) is 6.31. The van der Waals surface area contributed by atoms with Crippen LogP contribution in [0, 0.1) is 0 Å². The SMILES string of the molecule is COc1ccc(OC)c(-c2csc(NC(=O)CCN3C(=O)NC4(CCCCC4)C3=O)n2)c1. The standard InChI is InChI=1S/C22H26N4O5S/c1-30-14-6-7-17(31-2)15(12-14)16-13-32-20(23-16)24-18(27)8-11-26-19(28)22(25-21(26)29)9-4-3-5-10-22/h6-7,12-13H,3-5,8-11H2,1-2H3,(H,25,29)(H,23,24,27). The van der Waals surface area contributed by atoms with Crippen molar-refractivity contribution in [1.29, 1.82) is 0 Å². The molecule has 32 heavy (non-hydrogen) atoms. The molecule has 2 aliphatic rings. The van der Waals surface area contributed by atoms with Gasteiger partial charge in [-0.2, -0.15) is 0 Å². The van der Waals surface area contributed by atoms with E-state index < -0.39 is 11.6 Å². The molecule has 170 valence electrons. The number of carbonyl (C=O) groups excluding carboxylic acids is 3. The molecule has 2 heterocycles. The Morgan fingerprint density at radius 2 is 2.00 bits per heavy atom. The van der Waals surface area contributed by atoms with Gasteiger partial charge in [-0.15, -0.1) is 11.3 Å². The summed E-state index contributed by atoms with van der Waals surface area (Å²) in [5.41, 5.74) is 0.626. The molecular weight excluding hydrogens is 432 g/mol. The summed E-state index contributed by atoms with van der Waals surface area (Å²) in [5.74, 6) is 0.790. The summed E-state index contributed by atoms with van der Waals surface area (Å²) in [6.45, 7) is 0.0419. The van der Waals surface area contributed by atoms with E-state index in [1.165, 1.54) is 16.2 Å². The topological polar surface area (TPSA) is 110 Å². The number of hydrogen-bond acceptors (Lipinski definition) is 7. The number of ether oxygens (including phenoxy) is 2. The Balaban J connectivity index is 1.37. The molecule has 0 bridgehead atoms. The number of aromatic nitrogens is 1. The Morgan fingerprint density at radius 1 is 1.22 bits per heavy atom. The lowest BCUT2D eigenvalue weighted by atomic mass is 9.82. The van der Waals surface area contributed by atoms with Gasteiger partial charge in [-0.1, -0.05) is 19.3 Å². The van der Waals surface area contributed by atoms with Gasteiger partial charge in [0.1, 0.15) is 17.0 Å². The Morgan fingerprint density at radius 3 is 2.72 bits per heavy atom. The molecule has 1 aliphatic carbocycles. The van der Waals surface area contributed by atoms with Gasteiger partial charge in [0.2, 0.25) is 5.91 Å². The summed E-state index contributed by atoms with van der Waals surface area (Å²) >= 11 is 1.28. The van der Waals surface area contributed by atoms with Gasteiger partial charge in [-0.05, 0) is 31.0 Å². The molecule has 2 N–H and O–H groups in total. The minimum absolute atomic E-state index is 0.00658.